The maximum absolute atomic E-state index is 12.0. The third-order valence-electron chi connectivity index (χ3n) is 3.57. The molecule has 0 aliphatic heterocycles. The van der Waals surface area contributed by atoms with Gasteiger partial charge < -0.3 is 15.1 Å². The van der Waals surface area contributed by atoms with Gasteiger partial charge in [-0.25, -0.2) is 0 Å². The van der Waals surface area contributed by atoms with Crippen LogP contribution in [0.1, 0.15) is 35.9 Å². The zero-order valence-corrected chi connectivity index (χ0v) is 14.3. The molecule has 0 spiro atoms. The second kappa shape index (κ2) is 9.13. The lowest BCUT2D eigenvalue weighted by atomic mass is 10.1. The summed E-state index contributed by atoms with van der Waals surface area (Å²) >= 11 is 5.96. The largest absolute Gasteiger partial charge is 0.469 e. The van der Waals surface area contributed by atoms with Crippen LogP contribution in [0.25, 0.3) is 0 Å². The molecule has 1 atom stereocenters. The molecule has 128 valence electrons. The van der Waals surface area contributed by atoms with Gasteiger partial charge in [0.1, 0.15) is 5.76 Å². The van der Waals surface area contributed by atoms with E-state index < -0.39 is 0 Å². The Kier molecular flexibility index (Phi) is 6.88. The van der Waals surface area contributed by atoms with E-state index in [9.17, 15) is 9.59 Å². The monoisotopic (exact) mass is 348 g/mol. The summed E-state index contributed by atoms with van der Waals surface area (Å²) in [4.78, 5) is 23.9. The normalized spacial score (nSPS) is 11.8. The van der Waals surface area contributed by atoms with Crippen molar-refractivity contribution >= 4 is 23.4 Å². The molecule has 1 aromatic carbocycles. The number of benzene rings is 1. The van der Waals surface area contributed by atoms with Crippen LogP contribution >= 0.6 is 11.6 Å². The van der Waals surface area contributed by atoms with Crippen LogP contribution < -0.4 is 10.6 Å². The number of carbonyl (C=O) groups excluding carboxylic acids is 2. The Morgan fingerprint density at radius 1 is 1.21 bits per heavy atom. The predicted octanol–water partition coefficient (Wildman–Crippen LogP) is 3.19. The fourth-order valence-electron chi connectivity index (χ4n) is 2.26. The first-order valence-corrected chi connectivity index (χ1v) is 8.28. The molecule has 2 N–H and O–H groups in total. The highest BCUT2D eigenvalue weighted by Crippen LogP contribution is 2.14. The van der Waals surface area contributed by atoms with E-state index in [2.05, 4.69) is 10.6 Å². The van der Waals surface area contributed by atoms with Gasteiger partial charge in [0, 0.05) is 25.4 Å². The van der Waals surface area contributed by atoms with Crippen molar-refractivity contribution in [3.8, 4) is 0 Å². The average Bonchev–Trinajstić information content (AvgIpc) is 3.06. The lowest BCUT2D eigenvalue weighted by molar-refractivity contribution is -0.121. The molecule has 0 fully saturated rings. The zero-order valence-electron chi connectivity index (χ0n) is 13.5. The molecule has 1 unspecified atom stereocenters. The van der Waals surface area contributed by atoms with Crippen molar-refractivity contribution < 1.29 is 14.0 Å². The van der Waals surface area contributed by atoms with Crippen LogP contribution in [0.5, 0.6) is 0 Å². The molecule has 5 nitrogen and oxygen atoms in total. The third-order valence-corrected chi connectivity index (χ3v) is 3.90. The first kappa shape index (κ1) is 18.1. The molecule has 1 aromatic heterocycles. The summed E-state index contributed by atoms with van der Waals surface area (Å²) in [6.45, 7) is 2.21. The van der Waals surface area contributed by atoms with Gasteiger partial charge in [0.25, 0.3) is 5.91 Å². The second-order valence-corrected chi connectivity index (χ2v) is 5.98. The number of rotatable bonds is 8. The van der Waals surface area contributed by atoms with Crippen LogP contribution in [-0.2, 0) is 11.2 Å². The fraction of sp³-hybridized carbons (Fsp3) is 0.333. The molecule has 0 radical (unpaired) electrons. The van der Waals surface area contributed by atoms with Gasteiger partial charge in [0.2, 0.25) is 5.91 Å². The minimum atomic E-state index is -0.278. The summed E-state index contributed by atoms with van der Waals surface area (Å²) in [5.74, 6) is 0.531. The van der Waals surface area contributed by atoms with Gasteiger partial charge in [-0.2, -0.15) is 0 Å². The van der Waals surface area contributed by atoms with E-state index in [1.165, 1.54) is 0 Å². The van der Waals surface area contributed by atoms with Crippen LogP contribution in [0.4, 0.5) is 0 Å². The predicted molar refractivity (Wildman–Crippen MR) is 93.0 cm³/mol. The first-order valence-electron chi connectivity index (χ1n) is 7.90. The van der Waals surface area contributed by atoms with E-state index in [0.717, 1.165) is 18.6 Å². The van der Waals surface area contributed by atoms with Crippen molar-refractivity contribution in [1.29, 1.82) is 0 Å². The van der Waals surface area contributed by atoms with Crippen molar-refractivity contribution in [3.63, 3.8) is 0 Å². The van der Waals surface area contributed by atoms with Crippen LogP contribution in [0.3, 0.4) is 0 Å². The second-order valence-electron chi connectivity index (χ2n) is 5.57. The SMILES string of the molecule is CC(CCc1ccco1)NC(=O)CCNC(=O)c1ccccc1Cl. The summed E-state index contributed by atoms with van der Waals surface area (Å²) in [5, 5.41) is 6.00. The minimum absolute atomic E-state index is 0.0434. The Morgan fingerprint density at radius 2 is 2.00 bits per heavy atom. The number of amides is 2. The average molecular weight is 349 g/mol. The molecule has 2 rings (SSSR count). The topological polar surface area (TPSA) is 71.3 Å². The van der Waals surface area contributed by atoms with E-state index in [1.54, 1.807) is 30.5 Å². The highest BCUT2D eigenvalue weighted by atomic mass is 35.5. The summed E-state index contributed by atoms with van der Waals surface area (Å²) in [6, 6.07) is 10.6. The van der Waals surface area contributed by atoms with Crippen LogP contribution in [-0.4, -0.2) is 24.4 Å². The Hall–Kier alpha value is -2.27. The van der Waals surface area contributed by atoms with Crippen molar-refractivity contribution in [3.05, 3.63) is 59.0 Å². The molecule has 0 saturated carbocycles. The maximum atomic E-state index is 12.0. The first-order chi connectivity index (χ1) is 11.6. The van der Waals surface area contributed by atoms with E-state index in [-0.39, 0.29) is 30.8 Å². The molecule has 0 bridgehead atoms. The summed E-state index contributed by atoms with van der Waals surface area (Å²) in [5.41, 5.74) is 0.409. The van der Waals surface area contributed by atoms with Gasteiger partial charge in [-0.05, 0) is 37.6 Å². The lowest BCUT2D eigenvalue weighted by Gasteiger charge is -2.13. The number of furan rings is 1. The number of hydrogen-bond acceptors (Lipinski definition) is 3. The summed E-state index contributed by atoms with van der Waals surface area (Å²) in [7, 11) is 0. The highest BCUT2D eigenvalue weighted by Gasteiger charge is 2.11. The Morgan fingerprint density at radius 3 is 2.71 bits per heavy atom. The number of halogens is 1. The molecule has 0 aliphatic rings. The molecule has 24 heavy (non-hydrogen) atoms. The van der Waals surface area contributed by atoms with E-state index in [1.807, 2.05) is 19.1 Å². The van der Waals surface area contributed by atoms with Gasteiger partial charge in [-0.1, -0.05) is 23.7 Å². The van der Waals surface area contributed by atoms with E-state index >= 15 is 0 Å². The molecule has 2 aromatic rings. The van der Waals surface area contributed by atoms with Gasteiger partial charge >= 0.3 is 0 Å². The highest BCUT2D eigenvalue weighted by molar-refractivity contribution is 6.33. The van der Waals surface area contributed by atoms with Gasteiger partial charge in [0.05, 0.1) is 16.8 Å². The number of hydrogen-bond donors (Lipinski definition) is 2. The fourth-order valence-corrected chi connectivity index (χ4v) is 2.48. The number of aryl methyl sites for hydroxylation is 1. The van der Waals surface area contributed by atoms with Crippen LogP contribution in [0.2, 0.25) is 5.02 Å². The van der Waals surface area contributed by atoms with Crippen molar-refractivity contribution in [2.45, 2.75) is 32.2 Å². The third kappa shape index (κ3) is 5.74. The number of nitrogens with one attached hydrogen (secondary N) is 2. The lowest BCUT2D eigenvalue weighted by Crippen LogP contribution is -2.35. The smallest absolute Gasteiger partial charge is 0.252 e. The van der Waals surface area contributed by atoms with Crippen molar-refractivity contribution in [1.82, 2.24) is 10.6 Å². The molecule has 0 aliphatic carbocycles. The molecule has 1 heterocycles. The quantitative estimate of drug-likeness (QED) is 0.769. The molecular weight excluding hydrogens is 328 g/mol. The maximum Gasteiger partial charge on any atom is 0.252 e. The minimum Gasteiger partial charge on any atom is -0.469 e. The van der Waals surface area contributed by atoms with Gasteiger partial charge in [-0.3, -0.25) is 9.59 Å². The molecular formula is C18H21ClN2O3. The Labute approximate surface area is 146 Å². The summed E-state index contributed by atoms with van der Waals surface area (Å²) in [6.07, 6.45) is 3.43. The van der Waals surface area contributed by atoms with Gasteiger partial charge in [-0.15, -0.1) is 0 Å². The standard InChI is InChI=1S/C18H21ClN2O3/c1-13(8-9-14-5-4-12-24-14)21-17(22)10-11-20-18(23)15-6-2-3-7-16(15)19/h2-7,12-13H,8-11H2,1H3,(H,20,23)(H,21,22). The van der Waals surface area contributed by atoms with Crippen LogP contribution in [0, 0.1) is 0 Å². The van der Waals surface area contributed by atoms with Gasteiger partial charge in [0.15, 0.2) is 0 Å². The zero-order chi connectivity index (χ0) is 17.4. The van der Waals surface area contributed by atoms with E-state index in [0.29, 0.717) is 10.6 Å². The summed E-state index contributed by atoms with van der Waals surface area (Å²) < 4.78 is 5.26. The van der Waals surface area contributed by atoms with Crippen molar-refractivity contribution in [2.24, 2.45) is 0 Å². The van der Waals surface area contributed by atoms with E-state index in [4.69, 9.17) is 16.0 Å². The number of carbonyl (C=O) groups is 2. The Balaban J connectivity index is 1.65. The van der Waals surface area contributed by atoms with Crippen molar-refractivity contribution in [2.75, 3.05) is 6.54 Å². The Bertz CT molecular complexity index is 671. The molecule has 6 heteroatoms. The van der Waals surface area contributed by atoms with Crippen LogP contribution in [0.15, 0.2) is 47.1 Å². The molecule has 2 amide bonds. The molecule has 0 saturated heterocycles.